The maximum absolute atomic E-state index is 12.6. The third-order valence-electron chi connectivity index (χ3n) is 14.3. The summed E-state index contributed by atoms with van der Waals surface area (Å²) in [5.41, 5.74) is 0. The molecule has 0 aliphatic carbocycles. The average Bonchev–Trinajstić information content (AvgIpc) is 3.30. The molecule has 0 heterocycles. The Labute approximate surface area is 400 Å². The van der Waals surface area contributed by atoms with E-state index in [1.54, 1.807) is 0 Å². The van der Waals surface area contributed by atoms with Gasteiger partial charge in [-0.2, -0.15) is 0 Å². The fraction of sp³-hybridized carbons (Fsp3) is 0.983. The number of aliphatic hydroxyl groups is 4. The largest absolute Gasteiger partial charge is 0.394 e. The molecule has 0 aliphatic heterocycles. The smallest absolute Gasteiger partial charge is 0.249 e. The average molecular weight is 909 g/mol. The van der Waals surface area contributed by atoms with Crippen LogP contribution in [0.15, 0.2) is 0 Å². The molecule has 6 heteroatoms. The Bertz CT molecular complexity index is 887. The Hall–Kier alpha value is -0.690. The van der Waals surface area contributed by atoms with Crippen molar-refractivity contribution in [2.45, 2.75) is 359 Å². The molecule has 0 saturated carbocycles. The quantitative estimate of drug-likeness (QED) is 0.0391. The zero-order chi connectivity index (χ0) is 46.7. The van der Waals surface area contributed by atoms with Gasteiger partial charge in [0.25, 0.3) is 0 Å². The summed E-state index contributed by atoms with van der Waals surface area (Å²) in [6.07, 6.45) is 62.0. The molecule has 5 N–H and O–H groups in total. The maximum atomic E-state index is 12.6. The number of rotatable bonds is 55. The van der Waals surface area contributed by atoms with Crippen LogP contribution in [0.25, 0.3) is 0 Å². The molecular weight excluding hydrogens is 791 g/mol. The number of hydrogen-bond acceptors (Lipinski definition) is 5. The SMILES string of the molecule is CCCCCCCCCCCCCCCCCCCCCCCCCCCCCCCCCCCCC(O)C(=O)NC(CO)C(O)C(O)CCCCCCCCCCCCCCCC. The van der Waals surface area contributed by atoms with Gasteiger partial charge in [-0.15, -0.1) is 0 Å². The van der Waals surface area contributed by atoms with Crippen LogP contribution in [0, 0.1) is 0 Å². The summed E-state index contributed by atoms with van der Waals surface area (Å²) in [7, 11) is 0. The summed E-state index contributed by atoms with van der Waals surface area (Å²) in [5, 5.41) is 43.9. The van der Waals surface area contributed by atoms with Crippen molar-refractivity contribution in [2.75, 3.05) is 6.61 Å². The van der Waals surface area contributed by atoms with E-state index < -0.39 is 36.9 Å². The molecule has 0 aliphatic rings. The van der Waals surface area contributed by atoms with Crippen LogP contribution in [0.3, 0.4) is 0 Å². The molecule has 0 spiro atoms. The molecule has 0 bridgehead atoms. The van der Waals surface area contributed by atoms with E-state index in [0.29, 0.717) is 12.8 Å². The highest BCUT2D eigenvalue weighted by atomic mass is 16.3. The summed E-state index contributed by atoms with van der Waals surface area (Å²) < 4.78 is 0. The fourth-order valence-corrected chi connectivity index (χ4v) is 9.70. The first-order valence-corrected chi connectivity index (χ1v) is 29.4. The normalized spacial score (nSPS) is 13.7. The zero-order valence-corrected chi connectivity index (χ0v) is 43.6. The first-order chi connectivity index (χ1) is 31.5. The second-order valence-corrected chi connectivity index (χ2v) is 20.7. The van der Waals surface area contributed by atoms with E-state index in [1.807, 2.05) is 0 Å². The summed E-state index contributed by atoms with van der Waals surface area (Å²) >= 11 is 0. The number of nitrogens with one attached hydrogen (secondary N) is 1. The van der Waals surface area contributed by atoms with Crippen molar-refractivity contribution in [3.63, 3.8) is 0 Å². The minimum atomic E-state index is -1.25. The monoisotopic (exact) mass is 908 g/mol. The topological polar surface area (TPSA) is 110 Å². The lowest BCUT2D eigenvalue weighted by atomic mass is 9.99. The van der Waals surface area contributed by atoms with Gasteiger partial charge in [0.1, 0.15) is 12.2 Å². The highest BCUT2D eigenvalue weighted by Gasteiger charge is 2.28. The maximum Gasteiger partial charge on any atom is 0.249 e. The first-order valence-electron chi connectivity index (χ1n) is 29.4. The van der Waals surface area contributed by atoms with Crippen LogP contribution >= 0.6 is 0 Å². The highest BCUT2D eigenvalue weighted by Crippen LogP contribution is 2.19. The number of aliphatic hydroxyl groups excluding tert-OH is 4. The van der Waals surface area contributed by atoms with Crippen molar-refractivity contribution in [3.05, 3.63) is 0 Å². The van der Waals surface area contributed by atoms with E-state index >= 15 is 0 Å². The third kappa shape index (κ3) is 46.4. The van der Waals surface area contributed by atoms with Gasteiger partial charge in [0.15, 0.2) is 0 Å². The van der Waals surface area contributed by atoms with E-state index in [-0.39, 0.29) is 0 Å². The molecule has 0 aromatic heterocycles. The van der Waals surface area contributed by atoms with Crippen LogP contribution in [0.4, 0.5) is 0 Å². The van der Waals surface area contributed by atoms with Gasteiger partial charge < -0.3 is 25.7 Å². The van der Waals surface area contributed by atoms with Crippen molar-refractivity contribution >= 4 is 5.91 Å². The molecule has 1 amide bonds. The molecule has 384 valence electrons. The van der Waals surface area contributed by atoms with Crippen LogP contribution in [-0.2, 0) is 4.79 Å². The predicted molar refractivity (Wildman–Crippen MR) is 279 cm³/mol. The van der Waals surface area contributed by atoms with E-state index in [1.165, 1.54) is 270 Å². The highest BCUT2D eigenvalue weighted by molar-refractivity contribution is 5.80. The molecule has 0 fully saturated rings. The molecule has 4 atom stereocenters. The van der Waals surface area contributed by atoms with Crippen LogP contribution < -0.4 is 5.32 Å². The summed E-state index contributed by atoms with van der Waals surface area (Å²) in [6, 6.07) is -0.980. The zero-order valence-electron chi connectivity index (χ0n) is 43.6. The number of hydrogen-bond donors (Lipinski definition) is 5. The van der Waals surface area contributed by atoms with Crippen molar-refractivity contribution in [1.29, 1.82) is 0 Å². The molecular formula is C58H117NO5. The number of carbonyl (C=O) groups excluding carboxylic acids is 1. The Morgan fingerprint density at radius 3 is 0.750 bits per heavy atom. The van der Waals surface area contributed by atoms with Gasteiger partial charge in [-0.05, 0) is 12.8 Å². The summed E-state index contributed by atoms with van der Waals surface area (Å²) in [4.78, 5) is 12.6. The van der Waals surface area contributed by atoms with Crippen molar-refractivity contribution < 1.29 is 25.2 Å². The standard InChI is InChI=1S/C58H117NO5/c1-3-5-7-9-11-13-15-17-19-20-21-22-23-24-25-26-27-28-29-30-31-32-33-34-35-36-37-38-40-42-44-46-48-50-52-56(62)58(64)59-54(53-60)57(63)55(61)51-49-47-45-43-41-39-18-16-14-12-10-8-6-4-2/h54-57,60-63H,3-53H2,1-2H3,(H,59,64). The van der Waals surface area contributed by atoms with Crippen molar-refractivity contribution in [2.24, 2.45) is 0 Å². The Kier molecular flexibility index (Phi) is 52.7. The van der Waals surface area contributed by atoms with Gasteiger partial charge in [-0.25, -0.2) is 0 Å². The van der Waals surface area contributed by atoms with Gasteiger partial charge in [0.2, 0.25) is 5.91 Å². The molecule has 0 rings (SSSR count). The number of carbonyl (C=O) groups is 1. The van der Waals surface area contributed by atoms with E-state index in [9.17, 15) is 25.2 Å². The molecule has 0 aromatic carbocycles. The number of unbranched alkanes of at least 4 members (excludes halogenated alkanes) is 46. The molecule has 4 unspecified atom stereocenters. The van der Waals surface area contributed by atoms with Crippen molar-refractivity contribution in [3.8, 4) is 0 Å². The Morgan fingerprint density at radius 1 is 0.328 bits per heavy atom. The van der Waals surface area contributed by atoms with Gasteiger partial charge in [-0.3, -0.25) is 4.79 Å². The Balaban J connectivity index is 3.49. The second kappa shape index (κ2) is 53.3. The van der Waals surface area contributed by atoms with E-state index in [2.05, 4.69) is 19.2 Å². The molecule has 0 aromatic rings. The second-order valence-electron chi connectivity index (χ2n) is 20.7. The lowest BCUT2D eigenvalue weighted by Gasteiger charge is -2.27. The third-order valence-corrected chi connectivity index (χ3v) is 14.3. The first kappa shape index (κ1) is 63.3. The lowest BCUT2D eigenvalue weighted by molar-refractivity contribution is -0.132. The fourth-order valence-electron chi connectivity index (χ4n) is 9.70. The van der Waals surface area contributed by atoms with Crippen LogP contribution in [0.1, 0.15) is 335 Å². The van der Waals surface area contributed by atoms with Gasteiger partial charge in [0, 0.05) is 0 Å². The summed E-state index contributed by atoms with van der Waals surface area (Å²) in [6.45, 7) is 4.09. The van der Waals surface area contributed by atoms with Crippen molar-refractivity contribution in [1.82, 2.24) is 5.32 Å². The molecule has 0 radical (unpaired) electrons. The van der Waals surface area contributed by atoms with Gasteiger partial charge >= 0.3 is 0 Å². The molecule has 6 nitrogen and oxygen atoms in total. The molecule has 0 saturated heterocycles. The van der Waals surface area contributed by atoms with Crippen LogP contribution in [-0.4, -0.2) is 57.3 Å². The van der Waals surface area contributed by atoms with E-state index in [0.717, 1.165) is 38.5 Å². The van der Waals surface area contributed by atoms with Crippen LogP contribution in [0.2, 0.25) is 0 Å². The summed E-state index contributed by atoms with van der Waals surface area (Å²) in [5.74, 6) is -0.576. The van der Waals surface area contributed by atoms with Gasteiger partial charge in [-0.1, -0.05) is 322 Å². The van der Waals surface area contributed by atoms with Crippen LogP contribution in [0.5, 0.6) is 0 Å². The van der Waals surface area contributed by atoms with Gasteiger partial charge in [0.05, 0.1) is 18.8 Å². The minimum absolute atomic E-state index is 0.376. The molecule has 64 heavy (non-hydrogen) atoms. The number of amides is 1. The predicted octanol–water partition coefficient (Wildman–Crippen LogP) is 17.1. The van der Waals surface area contributed by atoms with E-state index in [4.69, 9.17) is 0 Å². The lowest BCUT2D eigenvalue weighted by Crippen LogP contribution is -2.53. The minimum Gasteiger partial charge on any atom is -0.394 e. The Morgan fingerprint density at radius 2 is 0.531 bits per heavy atom.